The second-order valence-corrected chi connectivity index (χ2v) is 5.92. The first kappa shape index (κ1) is 16.3. The molecule has 0 nitrogen and oxygen atoms in total. The molecule has 0 heteroatoms. The predicted molar refractivity (Wildman–Crippen MR) is 86.7 cm³/mol. The third-order valence-corrected chi connectivity index (χ3v) is 3.94. The molecular formula is C19H32. The highest BCUT2D eigenvalue weighted by Gasteiger charge is 1.95. The van der Waals surface area contributed by atoms with Crippen LogP contribution in [0.3, 0.4) is 0 Å². The minimum Gasteiger partial charge on any atom is -0.0654 e. The normalized spacial score (nSPS) is 10.8. The minimum absolute atomic E-state index is 1.26. The van der Waals surface area contributed by atoms with Gasteiger partial charge in [0.05, 0.1) is 0 Å². The fourth-order valence-corrected chi connectivity index (χ4v) is 2.57. The van der Waals surface area contributed by atoms with E-state index in [4.69, 9.17) is 0 Å². The smallest absolute Gasteiger partial charge is 0.0279 e. The van der Waals surface area contributed by atoms with E-state index >= 15 is 0 Å². The molecule has 0 amide bonds. The molecule has 1 rings (SSSR count). The first-order chi connectivity index (χ1) is 9.33. The minimum atomic E-state index is 1.26. The summed E-state index contributed by atoms with van der Waals surface area (Å²) in [6.45, 7) is 4.44. The Labute approximate surface area is 120 Å². The lowest BCUT2D eigenvalue weighted by molar-refractivity contribution is 0.556. The molecule has 0 saturated heterocycles. The van der Waals surface area contributed by atoms with Crippen LogP contribution >= 0.6 is 0 Å². The first-order valence-electron chi connectivity index (χ1n) is 8.38. The number of unbranched alkanes of at least 4 members (excludes halogenated alkanes) is 9. The molecule has 19 heavy (non-hydrogen) atoms. The van der Waals surface area contributed by atoms with Crippen LogP contribution in [0.15, 0.2) is 24.3 Å². The van der Waals surface area contributed by atoms with Crippen molar-refractivity contribution in [2.45, 2.75) is 84.5 Å². The summed E-state index contributed by atoms with van der Waals surface area (Å²) in [5.74, 6) is 0. The third kappa shape index (κ3) is 8.86. The van der Waals surface area contributed by atoms with Crippen LogP contribution in [0.2, 0.25) is 0 Å². The van der Waals surface area contributed by atoms with Crippen LogP contribution in [0.5, 0.6) is 0 Å². The van der Waals surface area contributed by atoms with Crippen LogP contribution in [0.4, 0.5) is 0 Å². The lowest BCUT2D eigenvalue weighted by Gasteiger charge is -2.03. The Kier molecular flexibility index (Phi) is 9.49. The molecule has 0 N–H and O–H groups in total. The molecular weight excluding hydrogens is 228 g/mol. The van der Waals surface area contributed by atoms with Gasteiger partial charge in [0.15, 0.2) is 0 Å². The van der Waals surface area contributed by atoms with Crippen LogP contribution in [0.25, 0.3) is 0 Å². The molecule has 0 aliphatic heterocycles. The van der Waals surface area contributed by atoms with Gasteiger partial charge in [0.2, 0.25) is 0 Å². The van der Waals surface area contributed by atoms with Gasteiger partial charge in [0.1, 0.15) is 0 Å². The van der Waals surface area contributed by atoms with E-state index in [0.717, 1.165) is 0 Å². The first-order valence-corrected chi connectivity index (χ1v) is 8.38. The van der Waals surface area contributed by atoms with Gasteiger partial charge in [-0.1, -0.05) is 94.5 Å². The van der Waals surface area contributed by atoms with Crippen LogP contribution in [0, 0.1) is 6.92 Å². The molecule has 0 atom stereocenters. The maximum absolute atomic E-state index is 2.29. The SMILES string of the molecule is CCCCCCCCCCCCc1ccc(C)cc1. The fraction of sp³-hybridized carbons (Fsp3) is 0.684. The predicted octanol–water partition coefficient (Wildman–Crippen LogP) is 6.46. The quantitative estimate of drug-likeness (QED) is 0.401. The summed E-state index contributed by atoms with van der Waals surface area (Å²) < 4.78 is 0. The van der Waals surface area contributed by atoms with E-state index in [0.29, 0.717) is 0 Å². The molecule has 0 bridgehead atoms. The molecule has 0 heterocycles. The van der Waals surface area contributed by atoms with Gasteiger partial charge in [-0.15, -0.1) is 0 Å². The molecule has 1 aromatic rings. The van der Waals surface area contributed by atoms with Crippen LogP contribution in [-0.4, -0.2) is 0 Å². The summed E-state index contributed by atoms with van der Waals surface area (Å²) in [4.78, 5) is 0. The number of hydrogen-bond acceptors (Lipinski definition) is 0. The summed E-state index contributed by atoms with van der Waals surface area (Å²) in [5.41, 5.74) is 2.87. The third-order valence-electron chi connectivity index (χ3n) is 3.94. The highest BCUT2D eigenvalue weighted by molar-refractivity contribution is 5.21. The van der Waals surface area contributed by atoms with E-state index in [1.54, 1.807) is 0 Å². The van der Waals surface area contributed by atoms with E-state index in [-0.39, 0.29) is 0 Å². The number of hydrogen-bond donors (Lipinski definition) is 0. The Morgan fingerprint density at radius 3 is 1.63 bits per heavy atom. The standard InChI is InChI=1S/C19H32/c1-3-4-5-6-7-8-9-10-11-12-13-19-16-14-18(2)15-17-19/h14-17H,3-13H2,1-2H3. The number of aryl methyl sites for hydroxylation is 2. The average Bonchev–Trinajstić information content (AvgIpc) is 2.43. The maximum Gasteiger partial charge on any atom is -0.0279 e. The van der Waals surface area contributed by atoms with Gasteiger partial charge in [0.25, 0.3) is 0 Å². The van der Waals surface area contributed by atoms with Gasteiger partial charge < -0.3 is 0 Å². The molecule has 1 aromatic carbocycles. The van der Waals surface area contributed by atoms with Gasteiger partial charge in [-0.25, -0.2) is 0 Å². The highest BCUT2D eigenvalue weighted by atomic mass is 14.0. The Balaban J connectivity index is 1.87. The number of benzene rings is 1. The second kappa shape index (κ2) is 11.1. The van der Waals surface area contributed by atoms with Crippen molar-refractivity contribution < 1.29 is 0 Å². The molecule has 0 radical (unpaired) electrons. The van der Waals surface area contributed by atoms with E-state index < -0.39 is 0 Å². The number of rotatable bonds is 11. The van der Waals surface area contributed by atoms with E-state index in [1.807, 2.05) is 0 Å². The Morgan fingerprint density at radius 2 is 1.11 bits per heavy atom. The lowest BCUT2D eigenvalue weighted by Crippen LogP contribution is -1.87. The van der Waals surface area contributed by atoms with Gasteiger partial charge in [-0.05, 0) is 25.3 Å². The summed E-state index contributed by atoms with van der Waals surface area (Å²) >= 11 is 0. The molecule has 0 unspecified atom stereocenters. The Hall–Kier alpha value is -0.780. The van der Waals surface area contributed by atoms with E-state index in [9.17, 15) is 0 Å². The maximum atomic E-state index is 2.29. The van der Waals surface area contributed by atoms with Crippen LogP contribution in [-0.2, 0) is 6.42 Å². The molecule has 0 saturated carbocycles. The van der Waals surface area contributed by atoms with Crippen molar-refractivity contribution >= 4 is 0 Å². The van der Waals surface area contributed by atoms with Gasteiger partial charge in [-0.3, -0.25) is 0 Å². The largest absolute Gasteiger partial charge is 0.0654 e. The highest BCUT2D eigenvalue weighted by Crippen LogP contribution is 2.12. The molecule has 0 spiro atoms. The van der Waals surface area contributed by atoms with Crippen molar-refractivity contribution in [3.63, 3.8) is 0 Å². The topological polar surface area (TPSA) is 0 Å². The van der Waals surface area contributed by atoms with Crippen molar-refractivity contribution in [2.75, 3.05) is 0 Å². The van der Waals surface area contributed by atoms with Gasteiger partial charge in [0, 0.05) is 0 Å². The molecule has 0 fully saturated rings. The summed E-state index contributed by atoms with van der Waals surface area (Å²) in [6, 6.07) is 9.02. The zero-order valence-corrected chi connectivity index (χ0v) is 13.1. The zero-order valence-electron chi connectivity index (χ0n) is 13.1. The van der Waals surface area contributed by atoms with Crippen LogP contribution < -0.4 is 0 Å². The molecule has 0 aliphatic carbocycles. The summed E-state index contributed by atoms with van der Waals surface area (Å²) in [7, 11) is 0. The monoisotopic (exact) mass is 260 g/mol. The van der Waals surface area contributed by atoms with Crippen molar-refractivity contribution in [2.24, 2.45) is 0 Å². The lowest BCUT2D eigenvalue weighted by atomic mass is 10.0. The molecule has 108 valence electrons. The Bertz CT molecular complexity index is 296. The van der Waals surface area contributed by atoms with Crippen LogP contribution in [0.1, 0.15) is 82.3 Å². The van der Waals surface area contributed by atoms with Crippen molar-refractivity contribution in [1.82, 2.24) is 0 Å². The van der Waals surface area contributed by atoms with E-state index in [2.05, 4.69) is 38.1 Å². The fourth-order valence-electron chi connectivity index (χ4n) is 2.57. The Morgan fingerprint density at radius 1 is 0.632 bits per heavy atom. The zero-order chi connectivity index (χ0) is 13.8. The summed E-state index contributed by atoms with van der Waals surface area (Å²) in [6.07, 6.45) is 15.5. The van der Waals surface area contributed by atoms with Gasteiger partial charge >= 0.3 is 0 Å². The van der Waals surface area contributed by atoms with Crippen molar-refractivity contribution in [3.8, 4) is 0 Å². The summed E-state index contributed by atoms with van der Waals surface area (Å²) in [5, 5.41) is 0. The second-order valence-electron chi connectivity index (χ2n) is 5.92. The van der Waals surface area contributed by atoms with Crippen molar-refractivity contribution in [3.05, 3.63) is 35.4 Å². The van der Waals surface area contributed by atoms with Gasteiger partial charge in [-0.2, -0.15) is 0 Å². The average molecular weight is 260 g/mol. The molecule has 0 aromatic heterocycles. The van der Waals surface area contributed by atoms with Crippen molar-refractivity contribution in [1.29, 1.82) is 0 Å². The van der Waals surface area contributed by atoms with E-state index in [1.165, 1.54) is 81.8 Å². The molecule has 0 aliphatic rings.